The molecule has 0 unspecified atom stereocenters. The number of hydrogen-bond donors (Lipinski definition) is 1. The van der Waals surface area contributed by atoms with Gasteiger partial charge < -0.3 is 10.2 Å². The van der Waals surface area contributed by atoms with Crippen molar-refractivity contribution in [3.05, 3.63) is 95.7 Å². The highest BCUT2D eigenvalue weighted by Crippen LogP contribution is 2.34. The summed E-state index contributed by atoms with van der Waals surface area (Å²) in [7, 11) is 3.94. The molecule has 0 saturated carbocycles. The zero-order valence-corrected chi connectivity index (χ0v) is 17.2. The summed E-state index contributed by atoms with van der Waals surface area (Å²) in [5.74, 6) is -0.693. The molecule has 0 aromatic heterocycles. The Balaban J connectivity index is 1.76. The number of carbonyl (C=O) groups excluding carboxylic acids is 2. The standard InChI is InChI=1S/C25H23N3O2/c1-17-9-13-21(14-10-17)28-24(29)22(18-7-5-4-6-8-18)23(25(28)30)26-19-11-15-20(16-12-19)27(2)3/h4-16,26H,1-3H3. The van der Waals surface area contributed by atoms with Gasteiger partial charge in [-0.15, -0.1) is 0 Å². The van der Waals surface area contributed by atoms with Crippen molar-refractivity contribution in [2.75, 3.05) is 29.2 Å². The highest BCUT2D eigenvalue weighted by atomic mass is 16.2. The Morgan fingerprint density at radius 3 is 2.00 bits per heavy atom. The number of nitrogens with one attached hydrogen (secondary N) is 1. The summed E-state index contributed by atoms with van der Waals surface area (Å²) < 4.78 is 0. The van der Waals surface area contributed by atoms with E-state index in [0.29, 0.717) is 16.8 Å². The molecule has 0 saturated heterocycles. The van der Waals surface area contributed by atoms with Crippen LogP contribution in [0, 0.1) is 6.92 Å². The van der Waals surface area contributed by atoms with Crippen LogP contribution in [0.2, 0.25) is 0 Å². The summed E-state index contributed by atoms with van der Waals surface area (Å²) in [6, 6.07) is 24.4. The molecule has 1 heterocycles. The molecule has 0 spiro atoms. The van der Waals surface area contributed by atoms with E-state index in [2.05, 4.69) is 5.32 Å². The van der Waals surface area contributed by atoms with Crippen molar-refractivity contribution in [2.45, 2.75) is 6.92 Å². The summed E-state index contributed by atoms with van der Waals surface area (Å²) in [5, 5.41) is 3.20. The molecule has 3 aromatic rings. The van der Waals surface area contributed by atoms with Crippen LogP contribution in [0.4, 0.5) is 17.1 Å². The molecule has 0 radical (unpaired) electrons. The number of imide groups is 1. The van der Waals surface area contributed by atoms with Crippen LogP contribution >= 0.6 is 0 Å². The van der Waals surface area contributed by atoms with Crippen molar-refractivity contribution in [3.63, 3.8) is 0 Å². The lowest BCUT2D eigenvalue weighted by molar-refractivity contribution is -0.120. The zero-order valence-electron chi connectivity index (χ0n) is 17.2. The van der Waals surface area contributed by atoms with Crippen LogP contribution in [0.3, 0.4) is 0 Å². The summed E-state index contributed by atoms with van der Waals surface area (Å²) >= 11 is 0. The van der Waals surface area contributed by atoms with E-state index in [4.69, 9.17) is 0 Å². The Morgan fingerprint density at radius 1 is 0.767 bits per heavy atom. The fourth-order valence-corrected chi connectivity index (χ4v) is 3.43. The van der Waals surface area contributed by atoms with Crippen molar-refractivity contribution in [1.82, 2.24) is 0 Å². The van der Waals surface area contributed by atoms with Gasteiger partial charge in [0.25, 0.3) is 11.8 Å². The van der Waals surface area contributed by atoms with Crippen LogP contribution < -0.4 is 15.1 Å². The molecule has 5 heteroatoms. The maximum atomic E-state index is 13.3. The van der Waals surface area contributed by atoms with Gasteiger partial charge in [0.05, 0.1) is 11.3 Å². The van der Waals surface area contributed by atoms with Gasteiger partial charge in [0.2, 0.25) is 0 Å². The molecule has 0 aliphatic carbocycles. The van der Waals surface area contributed by atoms with Gasteiger partial charge in [-0.25, -0.2) is 4.90 Å². The SMILES string of the molecule is Cc1ccc(N2C(=O)C(Nc3ccc(N(C)C)cc3)=C(c3ccccc3)C2=O)cc1. The van der Waals surface area contributed by atoms with E-state index in [1.165, 1.54) is 4.90 Å². The van der Waals surface area contributed by atoms with Gasteiger partial charge in [0.15, 0.2) is 0 Å². The second-order valence-corrected chi connectivity index (χ2v) is 7.46. The first-order chi connectivity index (χ1) is 14.5. The van der Waals surface area contributed by atoms with Gasteiger partial charge in [-0.05, 0) is 48.9 Å². The molecular formula is C25H23N3O2. The fourth-order valence-electron chi connectivity index (χ4n) is 3.43. The number of carbonyl (C=O) groups is 2. The summed E-state index contributed by atoms with van der Waals surface area (Å²) in [4.78, 5) is 29.9. The minimum Gasteiger partial charge on any atom is -0.378 e. The monoisotopic (exact) mass is 397 g/mol. The number of amides is 2. The smallest absolute Gasteiger partial charge is 0.282 e. The second kappa shape index (κ2) is 7.87. The number of rotatable bonds is 5. The van der Waals surface area contributed by atoms with Gasteiger partial charge >= 0.3 is 0 Å². The van der Waals surface area contributed by atoms with E-state index in [1.54, 1.807) is 12.1 Å². The Labute approximate surface area is 176 Å². The molecule has 1 N–H and O–H groups in total. The van der Waals surface area contributed by atoms with E-state index >= 15 is 0 Å². The van der Waals surface area contributed by atoms with Crippen LogP contribution in [0.25, 0.3) is 5.57 Å². The molecule has 0 bridgehead atoms. The number of nitrogens with zero attached hydrogens (tertiary/aromatic N) is 2. The molecular weight excluding hydrogens is 374 g/mol. The molecule has 3 aromatic carbocycles. The molecule has 1 aliphatic heterocycles. The maximum Gasteiger partial charge on any atom is 0.282 e. The van der Waals surface area contributed by atoms with Crippen LogP contribution in [0.15, 0.2) is 84.6 Å². The first kappa shape index (κ1) is 19.5. The third-order valence-electron chi connectivity index (χ3n) is 5.09. The Bertz CT molecular complexity index is 1120. The normalized spacial score (nSPS) is 13.8. The topological polar surface area (TPSA) is 52.7 Å². The molecule has 4 rings (SSSR count). The van der Waals surface area contributed by atoms with Gasteiger partial charge in [-0.1, -0.05) is 48.0 Å². The molecule has 2 amide bonds. The predicted octanol–water partition coefficient (Wildman–Crippen LogP) is 4.46. The third-order valence-corrected chi connectivity index (χ3v) is 5.09. The van der Waals surface area contributed by atoms with Crippen molar-refractivity contribution < 1.29 is 9.59 Å². The Morgan fingerprint density at radius 2 is 1.40 bits per heavy atom. The summed E-state index contributed by atoms with van der Waals surface area (Å²) in [6.07, 6.45) is 0. The van der Waals surface area contributed by atoms with Crippen LogP contribution in [-0.4, -0.2) is 25.9 Å². The number of aryl methyl sites for hydroxylation is 1. The van der Waals surface area contributed by atoms with Gasteiger partial charge in [0.1, 0.15) is 5.70 Å². The fraction of sp³-hybridized carbons (Fsp3) is 0.120. The molecule has 30 heavy (non-hydrogen) atoms. The van der Waals surface area contributed by atoms with Gasteiger partial charge in [-0.2, -0.15) is 0 Å². The van der Waals surface area contributed by atoms with Crippen molar-refractivity contribution in [3.8, 4) is 0 Å². The van der Waals surface area contributed by atoms with E-state index in [-0.39, 0.29) is 17.5 Å². The first-order valence-corrected chi connectivity index (χ1v) is 9.75. The highest BCUT2D eigenvalue weighted by Gasteiger charge is 2.40. The van der Waals surface area contributed by atoms with Gasteiger partial charge in [-0.3, -0.25) is 9.59 Å². The van der Waals surface area contributed by atoms with E-state index < -0.39 is 0 Å². The minimum atomic E-state index is -0.362. The first-order valence-electron chi connectivity index (χ1n) is 9.75. The summed E-state index contributed by atoms with van der Waals surface area (Å²) in [5.41, 5.74) is 4.78. The van der Waals surface area contributed by atoms with Gasteiger partial charge in [0, 0.05) is 25.5 Å². The van der Waals surface area contributed by atoms with Crippen molar-refractivity contribution in [1.29, 1.82) is 0 Å². The van der Waals surface area contributed by atoms with Crippen molar-refractivity contribution >= 4 is 34.4 Å². The van der Waals surface area contributed by atoms with E-state index in [9.17, 15) is 9.59 Å². The van der Waals surface area contributed by atoms with Crippen LogP contribution in [-0.2, 0) is 9.59 Å². The Hall–Kier alpha value is -3.86. The van der Waals surface area contributed by atoms with Crippen LogP contribution in [0.5, 0.6) is 0 Å². The summed E-state index contributed by atoms with van der Waals surface area (Å²) in [6.45, 7) is 1.97. The molecule has 1 aliphatic rings. The lowest BCUT2D eigenvalue weighted by Crippen LogP contribution is -2.32. The third kappa shape index (κ3) is 3.57. The average Bonchev–Trinajstić information content (AvgIpc) is 2.99. The largest absolute Gasteiger partial charge is 0.378 e. The second-order valence-electron chi connectivity index (χ2n) is 7.46. The Kier molecular flexibility index (Phi) is 5.11. The number of anilines is 3. The maximum absolute atomic E-state index is 13.3. The lowest BCUT2D eigenvalue weighted by atomic mass is 10.0. The van der Waals surface area contributed by atoms with E-state index in [0.717, 1.165) is 16.9 Å². The molecule has 150 valence electrons. The highest BCUT2D eigenvalue weighted by molar-refractivity contribution is 6.46. The minimum absolute atomic E-state index is 0.282. The van der Waals surface area contributed by atoms with Crippen molar-refractivity contribution in [2.24, 2.45) is 0 Å². The number of hydrogen-bond acceptors (Lipinski definition) is 4. The van der Waals surface area contributed by atoms with E-state index in [1.807, 2.05) is 92.6 Å². The molecule has 0 fully saturated rings. The number of benzene rings is 3. The zero-order chi connectivity index (χ0) is 21.3. The quantitative estimate of drug-likeness (QED) is 0.646. The lowest BCUT2D eigenvalue weighted by Gasteiger charge is -2.16. The predicted molar refractivity (Wildman–Crippen MR) is 121 cm³/mol. The molecule has 5 nitrogen and oxygen atoms in total. The van der Waals surface area contributed by atoms with Crippen LogP contribution in [0.1, 0.15) is 11.1 Å². The average molecular weight is 397 g/mol. The molecule has 0 atom stereocenters.